The van der Waals surface area contributed by atoms with E-state index < -0.39 is 5.91 Å². The minimum Gasteiger partial charge on any atom is -0.494 e. The fourth-order valence-electron chi connectivity index (χ4n) is 3.01. The summed E-state index contributed by atoms with van der Waals surface area (Å²) in [4.78, 5) is 12.7. The van der Waals surface area contributed by atoms with Crippen LogP contribution in [0.25, 0.3) is 6.08 Å². The van der Waals surface area contributed by atoms with Crippen LogP contribution in [0.5, 0.6) is 17.2 Å². The average molecular weight is 586 g/mol. The van der Waals surface area contributed by atoms with Crippen LogP contribution in [0, 0.1) is 11.3 Å². The largest absolute Gasteiger partial charge is 0.494 e. The van der Waals surface area contributed by atoms with Crippen molar-refractivity contribution in [2.45, 2.75) is 13.5 Å². The molecule has 34 heavy (non-hydrogen) atoms. The van der Waals surface area contributed by atoms with Gasteiger partial charge < -0.3 is 19.5 Å². The van der Waals surface area contributed by atoms with Crippen LogP contribution in [0.4, 0.5) is 5.69 Å². The van der Waals surface area contributed by atoms with E-state index in [1.807, 2.05) is 37.3 Å². The van der Waals surface area contributed by atoms with Crippen LogP contribution in [-0.4, -0.2) is 19.6 Å². The molecule has 8 heteroatoms. The zero-order valence-corrected chi connectivity index (χ0v) is 21.8. The smallest absolute Gasteiger partial charge is 0.266 e. The lowest BCUT2D eigenvalue weighted by Gasteiger charge is -2.13. The molecule has 1 N–H and O–H groups in total. The van der Waals surface area contributed by atoms with E-state index in [0.717, 1.165) is 10.0 Å². The number of hydrogen-bond acceptors (Lipinski definition) is 5. The Kier molecular flexibility index (Phi) is 9.14. The molecule has 0 atom stereocenters. The summed E-state index contributed by atoms with van der Waals surface area (Å²) in [5, 5.41) is 12.3. The van der Waals surface area contributed by atoms with Gasteiger partial charge in [0.25, 0.3) is 5.91 Å². The first-order chi connectivity index (χ1) is 16.4. The molecule has 0 bridgehead atoms. The average Bonchev–Trinajstić information content (AvgIpc) is 2.83. The SMILES string of the molecule is CCOc1cccc(NC(=O)/C(C#N)=C\c2cc(OC)c(OCc3ccc(Br)cc3)cc2Br)c1. The molecule has 0 radical (unpaired) electrons. The highest BCUT2D eigenvalue weighted by Crippen LogP contribution is 2.35. The first kappa shape index (κ1) is 25.3. The molecular weight excluding hydrogens is 564 g/mol. The van der Waals surface area contributed by atoms with Crippen molar-refractivity contribution in [3.05, 3.63) is 86.3 Å². The van der Waals surface area contributed by atoms with Crippen LogP contribution in [0.2, 0.25) is 0 Å². The Morgan fingerprint density at radius 1 is 1.06 bits per heavy atom. The zero-order valence-electron chi connectivity index (χ0n) is 18.6. The Labute approximate surface area is 215 Å². The summed E-state index contributed by atoms with van der Waals surface area (Å²) in [6, 6.07) is 20.2. The number of rotatable bonds is 9. The van der Waals surface area contributed by atoms with Gasteiger partial charge in [-0.25, -0.2) is 0 Å². The van der Waals surface area contributed by atoms with E-state index >= 15 is 0 Å². The van der Waals surface area contributed by atoms with Crippen LogP contribution in [0.1, 0.15) is 18.1 Å². The van der Waals surface area contributed by atoms with Gasteiger partial charge in [0.15, 0.2) is 11.5 Å². The van der Waals surface area contributed by atoms with Crippen molar-refractivity contribution in [2.75, 3.05) is 19.0 Å². The van der Waals surface area contributed by atoms with Gasteiger partial charge in [0.2, 0.25) is 0 Å². The molecule has 0 aliphatic carbocycles. The van der Waals surface area contributed by atoms with E-state index in [0.29, 0.717) is 46.2 Å². The second-order valence-electron chi connectivity index (χ2n) is 7.02. The van der Waals surface area contributed by atoms with Gasteiger partial charge in [-0.2, -0.15) is 5.26 Å². The fourth-order valence-corrected chi connectivity index (χ4v) is 3.71. The fraction of sp³-hybridized carbons (Fsp3) is 0.154. The highest BCUT2D eigenvalue weighted by atomic mass is 79.9. The molecule has 174 valence electrons. The van der Waals surface area contributed by atoms with E-state index in [-0.39, 0.29) is 5.57 Å². The molecule has 0 fully saturated rings. The quantitative estimate of drug-likeness (QED) is 0.222. The minimum absolute atomic E-state index is 0.0619. The van der Waals surface area contributed by atoms with Crippen LogP contribution >= 0.6 is 31.9 Å². The van der Waals surface area contributed by atoms with Gasteiger partial charge in [0, 0.05) is 20.7 Å². The van der Waals surface area contributed by atoms with E-state index in [4.69, 9.17) is 14.2 Å². The van der Waals surface area contributed by atoms with Gasteiger partial charge in [-0.05, 0) is 60.5 Å². The van der Waals surface area contributed by atoms with Crippen LogP contribution in [0.3, 0.4) is 0 Å². The summed E-state index contributed by atoms with van der Waals surface area (Å²) in [7, 11) is 1.53. The molecular formula is C26H22Br2N2O4. The number of carbonyl (C=O) groups excluding carboxylic acids is 1. The summed E-state index contributed by atoms with van der Waals surface area (Å²) in [5.74, 6) is 1.12. The number of nitrogens with zero attached hydrogens (tertiary/aromatic N) is 1. The van der Waals surface area contributed by atoms with E-state index in [9.17, 15) is 10.1 Å². The minimum atomic E-state index is -0.530. The Morgan fingerprint density at radius 3 is 2.50 bits per heavy atom. The molecule has 0 saturated heterocycles. The number of hydrogen-bond donors (Lipinski definition) is 1. The number of carbonyl (C=O) groups is 1. The van der Waals surface area contributed by atoms with Crippen molar-refractivity contribution in [2.24, 2.45) is 0 Å². The summed E-state index contributed by atoms with van der Waals surface area (Å²) in [6.45, 7) is 2.75. The summed E-state index contributed by atoms with van der Waals surface area (Å²) >= 11 is 6.92. The molecule has 0 aromatic heterocycles. The molecule has 3 rings (SSSR count). The van der Waals surface area contributed by atoms with Gasteiger partial charge in [0.05, 0.1) is 13.7 Å². The van der Waals surface area contributed by atoms with Crippen molar-refractivity contribution < 1.29 is 19.0 Å². The van der Waals surface area contributed by atoms with Gasteiger partial charge in [-0.3, -0.25) is 4.79 Å². The first-order valence-electron chi connectivity index (χ1n) is 10.3. The summed E-state index contributed by atoms with van der Waals surface area (Å²) in [5.41, 5.74) is 2.07. The standard InChI is InChI=1S/C26H22Br2N2O4/c1-3-33-22-6-4-5-21(13-22)30-26(31)19(15-29)11-18-12-24(32-2)25(14-23(18)28)34-16-17-7-9-20(27)10-8-17/h4-14H,3,16H2,1-2H3,(H,30,31)/b19-11-. The Morgan fingerprint density at radius 2 is 1.82 bits per heavy atom. The maximum absolute atomic E-state index is 12.7. The third-order valence-corrected chi connectivity index (χ3v) is 5.87. The predicted octanol–water partition coefficient (Wildman–Crippen LogP) is 6.74. The molecule has 3 aromatic rings. The Bertz CT molecular complexity index is 1230. The van der Waals surface area contributed by atoms with E-state index in [2.05, 4.69) is 37.2 Å². The molecule has 0 aliphatic rings. The molecule has 0 aliphatic heterocycles. The molecule has 0 heterocycles. The Hall–Kier alpha value is -3.28. The number of amides is 1. The molecule has 3 aromatic carbocycles. The second kappa shape index (κ2) is 12.3. The molecule has 0 spiro atoms. The van der Waals surface area contributed by atoms with Crippen molar-refractivity contribution in [1.82, 2.24) is 0 Å². The molecule has 1 amide bonds. The number of nitrogens with one attached hydrogen (secondary N) is 1. The maximum atomic E-state index is 12.7. The van der Waals surface area contributed by atoms with Crippen LogP contribution < -0.4 is 19.5 Å². The highest BCUT2D eigenvalue weighted by molar-refractivity contribution is 9.10. The molecule has 0 saturated carbocycles. The van der Waals surface area contributed by atoms with E-state index in [1.165, 1.54) is 13.2 Å². The maximum Gasteiger partial charge on any atom is 0.266 e. The van der Waals surface area contributed by atoms with Gasteiger partial charge in [0.1, 0.15) is 24.0 Å². The molecule has 6 nitrogen and oxygen atoms in total. The summed E-state index contributed by atoms with van der Waals surface area (Å²) in [6.07, 6.45) is 1.49. The second-order valence-corrected chi connectivity index (χ2v) is 8.79. The number of ether oxygens (including phenoxy) is 3. The first-order valence-corrected chi connectivity index (χ1v) is 11.9. The third-order valence-electron chi connectivity index (χ3n) is 4.66. The lowest BCUT2D eigenvalue weighted by Crippen LogP contribution is -2.13. The van der Waals surface area contributed by atoms with Gasteiger partial charge in [-0.15, -0.1) is 0 Å². The van der Waals surface area contributed by atoms with Crippen molar-refractivity contribution in [3.63, 3.8) is 0 Å². The van der Waals surface area contributed by atoms with Gasteiger partial charge >= 0.3 is 0 Å². The number of anilines is 1. The van der Waals surface area contributed by atoms with Crippen molar-refractivity contribution in [1.29, 1.82) is 5.26 Å². The van der Waals surface area contributed by atoms with E-state index in [1.54, 1.807) is 36.4 Å². The molecule has 0 unspecified atom stereocenters. The summed E-state index contributed by atoms with van der Waals surface area (Å²) < 4.78 is 18.5. The zero-order chi connectivity index (χ0) is 24.5. The van der Waals surface area contributed by atoms with Gasteiger partial charge in [-0.1, -0.05) is 50.1 Å². The number of benzene rings is 3. The highest BCUT2D eigenvalue weighted by Gasteiger charge is 2.14. The normalized spacial score (nSPS) is 10.9. The third kappa shape index (κ3) is 6.86. The number of nitriles is 1. The van der Waals surface area contributed by atoms with Crippen LogP contribution in [-0.2, 0) is 11.4 Å². The predicted molar refractivity (Wildman–Crippen MR) is 139 cm³/mol. The Balaban J connectivity index is 1.79. The number of halogens is 2. The van der Waals surface area contributed by atoms with Crippen molar-refractivity contribution in [3.8, 4) is 23.3 Å². The topological polar surface area (TPSA) is 80.6 Å². The van der Waals surface area contributed by atoms with Crippen molar-refractivity contribution >= 4 is 49.5 Å². The van der Waals surface area contributed by atoms with Crippen LogP contribution in [0.15, 0.2) is 75.2 Å². The lowest BCUT2D eigenvalue weighted by molar-refractivity contribution is -0.112. The lowest BCUT2D eigenvalue weighted by atomic mass is 10.1. The monoisotopic (exact) mass is 584 g/mol. The number of methoxy groups -OCH3 is 1.